The molecule has 1 aliphatic rings. The third-order valence-corrected chi connectivity index (χ3v) is 11.7. The van der Waals surface area contributed by atoms with E-state index in [0.29, 0.717) is 0 Å². The number of nitrogens with zero attached hydrogens (tertiary/aromatic N) is 1. The quantitative estimate of drug-likeness (QED) is 0.169. The van der Waals surface area contributed by atoms with Crippen molar-refractivity contribution in [1.29, 1.82) is 0 Å². The van der Waals surface area contributed by atoms with E-state index in [1.54, 1.807) is 0 Å². The van der Waals surface area contributed by atoms with E-state index >= 15 is 0 Å². The van der Waals surface area contributed by atoms with Crippen LogP contribution in [0.1, 0.15) is 49.4 Å². The Kier molecular flexibility index (Phi) is 8.25. The summed E-state index contributed by atoms with van der Waals surface area (Å²) in [7, 11) is 0. The predicted molar refractivity (Wildman–Crippen MR) is 233 cm³/mol. The van der Waals surface area contributed by atoms with Crippen LogP contribution < -0.4 is 0 Å². The van der Waals surface area contributed by atoms with Crippen molar-refractivity contribution in [3.8, 4) is 22.3 Å². The molecule has 55 heavy (non-hydrogen) atoms. The lowest BCUT2D eigenvalue weighted by molar-refractivity contribution is 0.525. The molecule has 2 nitrogen and oxygen atoms in total. The Morgan fingerprint density at radius 1 is 0.545 bits per heavy atom. The molecule has 8 aromatic carbocycles. The number of fused-ring (bicyclic) bond motifs is 5. The predicted octanol–water partition coefficient (Wildman–Crippen LogP) is 14.7. The smallest absolute Gasteiger partial charge is 0.143 e. The molecule has 1 aromatic heterocycles. The van der Waals surface area contributed by atoms with Crippen LogP contribution in [0, 0.1) is 5.92 Å². The van der Waals surface area contributed by atoms with Crippen LogP contribution in [-0.4, -0.2) is 5.71 Å². The second kappa shape index (κ2) is 13.7. The maximum Gasteiger partial charge on any atom is 0.143 e. The molecule has 2 heteroatoms. The summed E-state index contributed by atoms with van der Waals surface area (Å²) < 4.78 is 6.73. The lowest BCUT2D eigenvalue weighted by Crippen LogP contribution is -2.13. The van der Waals surface area contributed by atoms with Crippen molar-refractivity contribution in [2.75, 3.05) is 0 Å². The fourth-order valence-corrected chi connectivity index (χ4v) is 9.12. The minimum atomic E-state index is -0.0207. The van der Waals surface area contributed by atoms with Gasteiger partial charge in [0, 0.05) is 34.4 Å². The van der Waals surface area contributed by atoms with Gasteiger partial charge in [-0.05, 0) is 98.1 Å². The summed E-state index contributed by atoms with van der Waals surface area (Å²) in [5.41, 5.74) is 14.1. The maximum atomic E-state index is 6.73. The largest absolute Gasteiger partial charge is 0.455 e. The van der Waals surface area contributed by atoms with Crippen molar-refractivity contribution in [2.24, 2.45) is 10.9 Å². The summed E-state index contributed by atoms with van der Waals surface area (Å²) in [5.74, 6) is 0.228. The maximum absolute atomic E-state index is 6.73. The third kappa shape index (κ3) is 5.77. The van der Waals surface area contributed by atoms with Crippen molar-refractivity contribution >= 4 is 54.8 Å². The molecule has 2 heterocycles. The first-order chi connectivity index (χ1) is 27.1. The fourth-order valence-electron chi connectivity index (χ4n) is 9.12. The number of allylic oxidation sites excluding steroid dienone is 1. The van der Waals surface area contributed by atoms with E-state index in [2.05, 4.69) is 190 Å². The summed E-state index contributed by atoms with van der Waals surface area (Å²) in [6.07, 6.45) is 1.76. The van der Waals surface area contributed by atoms with Gasteiger partial charge < -0.3 is 4.42 Å². The molecule has 0 fully saturated rings. The van der Waals surface area contributed by atoms with Crippen molar-refractivity contribution in [3.63, 3.8) is 0 Å². The zero-order chi connectivity index (χ0) is 36.9. The Balaban J connectivity index is 1.19. The molecule has 0 bridgehead atoms. The van der Waals surface area contributed by atoms with Crippen LogP contribution in [0.5, 0.6) is 0 Å². The zero-order valence-electron chi connectivity index (χ0n) is 31.2. The Bertz CT molecular complexity index is 2950. The van der Waals surface area contributed by atoms with Crippen LogP contribution >= 0.6 is 0 Å². The zero-order valence-corrected chi connectivity index (χ0v) is 31.2. The average Bonchev–Trinajstić information content (AvgIpc) is 3.56. The van der Waals surface area contributed by atoms with Crippen molar-refractivity contribution in [1.82, 2.24) is 0 Å². The van der Waals surface area contributed by atoms with Crippen LogP contribution in [0.3, 0.4) is 0 Å². The third-order valence-electron chi connectivity index (χ3n) is 11.7. The van der Waals surface area contributed by atoms with Crippen molar-refractivity contribution in [3.05, 3.63) is 198 Å². The molecule has 0 aliphatic carbocycles. The van der Waals surface area contributed by atoms with Gasteiger partial charge in [0.05, 0.1) is 6.04 Å². The normalized spacial score (nSPS) is 16.2. The first-order valence-electron chi connectivity index (χ1n) is 19.5. The number of hydrogen-bond donors (Lipinski definition) is 0. The molecule has 0 saturated carbocycles. The van der Waals surface area contributed by atoms with Gasteiger partial charge in [-0.15, -0.1) is 0 Å². The molecule has 0 spiro atoms. The highest BCUT2D eigenvalue weighted by atomic mass is 16.3. The van der Waals surface area contributed by atoms with Crippen LogP contribution in [0.25, 0.3) is 71.3 Å². The first kappa shape index (κ1) is 33.1. The summed E-state index contributed by atoms with van der Waals surface area (Å²) in [6, 6.07) is 63.7. The summed E-state index contributed by atoms with van der Waals surface area (Å²) in [5, 5.41) is 7.23. The van der Waals surface area contributed by atoms with Gasteiger partial charge in [-0.3, -0.25) is 4.99 Å². The van der Waals surface area contributed by atoms with Crippen LogP contribution in [0.15, 0.2) is 191 Å². The second-order valence-electron chi connectivity index (χ2n) is 15.0. The fraction of sp³-hybridized carbons (Fsp3) is 0.113. The highest BCUT2D eigenvalue weighted by molar-refractivity contribution is 6.18. The van der Waals surface area contributed by atoms with Gasteiger partial charge in [-0.1, -0.05) is 164 Å². The topological polar surface area (TPSA) is 25.5 Å². The molecule has 2 unspecified atom stereocenters. The molecule has 10 rings (SSSR count). The summed E-state index contributed by atoms with van der Waals surface area (Å²) >= 11 is 0. The van der Waals surface area contributed by atoms with Gasteiger partial charge in [0.15, 0.2) is 0 Å². The van der Waals surface area contributed by atoms with Gasteiger partial charge in [-0.2, -0.15) is 0 Å². The highest BCUT2D eigenvalue weighted by Crippen LogP contribution is 2.46. The number of rotatable bonds is 6. The van der Waals surface area contributed by atoms with Crippen LogP contribution in [0.2, 0.25) is 0 Å². The van der Waals surface area contributed by atoms with E-state index in [9.17, 15) is 0 Å². The Hall–Kier alpha value is -6.51. The number of furan rings is 1. The Morgan fingerprint density at radius 3 is 2.04 bits per heavy atom. The molecule has 264 valence electrons. The second-order valence-corrected chi connectivity index (χ2v) is 15.0. The van der Waals surface area contributed by atoms with Gasteiger partial charge in [-0.25, -0.2) is 0 Å². The molecule has 2 atom stereocenters. The standard InChI is InChI=1S/C53H41NO/c1-3-42-50(40-29-28-35-16-10-11-21-38(35)31-40)34(2)30-48(54-52(42)37-19-8-5-9-20-37)41-32-39-22-12-13-23-43(39)47(33-41)45-25-15-27-49-51(45)46-26-14-24-44(53(46)55-49)36-17-6-4-7-18-36/h4-29,31-33,42,52H,3,30H2,1-2H3. The first-order valence-corrected chi connectivity index (χ1v) is 19.5. The van der Waals surface area contributed by atoms with Gasteiger partial charge in [0.2, 0.25) is 0 Å². The number of hydrogen-bond acceptors (Lipinski definition) is 2. The molecule has 1 aliphatic heterocycles. The highest BCUT2D eigenvalue weighted by Gasteiger charge is 2.31. The Morgan fingerprint density at radius 2 is 1.22 bits per heavy atom. The van der Waals surface area contributed by atoms with E-state index in [-0.39, 0.29) is 12.0 Å². The summed E-state index contributed by atoms with van der Waals surface area (Å²) in [6.45, 7) is 4.66. The number of para-hydroxylation sites is 1. The van der Waals surface area contributed by atoms with Gasteiger partial charge >= 0.3 is 0 Å². The molecule has 0 amide bonds. The van der Waals surface area contributed by atoms with E-state index in [1.807, 2.05) is 0 Å². The monoisotopic (exact) mass is 707 g/mol. The van der Waals surface area contributed by atoms with Gasteiger partial charge in [0.25, 0.3) is 0 Å². The molecule has 9 aromatic rings. The Labute approximate surface area is 322 Å². The molecule has 0 saturated heterocycles. The van der Waals surface area contributed by atoms with E-state index < -0.39 is 0 Å². The molecule has 0 N–H and O–H groups in total. The van der Waals surface area contributed by atoms with E-state index in [0.717, 1.165) is 51.6 Å². The average molecular weight is 708 g/mol. The van der Waals surface area contributed by atoms with Crippen LogP contribution in [0.4, 0.5) is 0 Å². The number of aliphatic imine (C=N–C) groups is 1. The van der Waals surface area contributed by atoms with Crippen molar-refractivity contribution < 1.29 is 4.42 Å². The lowest BCUT2D eigenvalue weighted by atomic mass is 9.79. The number of benzene rings is 8. The van der Waals surface area contributed by atoms with E-state index in [4.69, 9.17) is 9.41 Å². The van der Waals surface area contributed by atoms with E-state index in [1.165, 1.54) is 60.5 Å². The minimum Gasteiger partial charge on any atom is -0.455 e. The molecular weight excluding hydrogens is 667 g/mol. The minimum absolute atomic E-state index is 0.0207. The SMILES string of the molecule is CCC1C(c2ccc3ccccc3c2)=C(C)CC(c2cc(-c3cccc4oc5c(-c6ccccc6)cccc5c34)c3ccccc3c2)=NC1c1ccccc1. The van der Waals surface area contributed by atoms with Crippen LogP contribution in [-0.2, 0) is 0 Å². The van der Waals surface area contributed by atoms with Gasteiger partial charge in [0.1, 0.15) is 11.2 Å². The molecular formula is C53H41NO. The van der Waals surface area contributed by atoms with Crippen molar-refractivity contribution in [2.45, 2.75) is 32.7 Å². The lowest BCUT2D eigenvalue weighted by Gasteiger charge is -2.27. The summed E-state index contributed by atoms with van der Waals surface area (Å²) in [4.78, 5) is 5.80. The molecule has 0 radical (unpaired) electrons.